The molecule has 0 unspecified atom stereocenters. The van der Waals surface area contributed by atoms with E-state index < -0.39 is 0 Å². The molecule has 3 nitrogen and oxygen atoms in total. The Bertz CT molecular complexity index is 670. The second-order valence-corrected chi connectivity index (χ2v) is 4.24. The van der Waals surface area contributed by atoms with Crippen LogP contribution in [0.1, 0.15) is 25.1 Å². The first kappa shape index (κ1) is 13.3. The first-order chi connectivity index (χ1) is 9.24. The molecule has 0 aliphatic rings. The highest BCUT2D eigenvalue weighted by Gasteiger charge is 2.04. The van der Waals surface area contributed by atoms with Crippen LogP contribution in [0.4, 0.5) is 0 Å². The Balaban J connectivity index is 0.000000637. The minimum absolute atomic E-state index is 0.866. The van der Waals surface area contributed by atoms with Gasteiger partial charge in [0.05, 0.1) is 0 Å². The SMILES string of the molecule is CC.Cc1ccc2c(C)nc(-n3cccn3)cc2c1. The quantitative estimate of drug-likeness (QED) is 0.654. The highest BCUT2D eigenvalue weighted by molar-refractivity contribution is 5.86. The third-order valence-corrected chi connectivity index (χ3v) is 2.90. The van der Waals surface area contributed by atoms with Gasteiger partial charge in [0, 0.05) is 23.5 Å². The second kappa shape index (κ2) is 5.65. The average Bonchev–Trinajstić information content (AvgIpc) is 2.94. The predicted octanol–water partition coefficient (Wildman–Crippen LogP) is 4.06. The van der Waals surface area contributed by atoms with E-state index in [0.717, 1.165) is 11.5 Å². The van der Waals surface area contributed by atoms with Crippen molar-refractivity contribution in [1.29, 1.82) is 0 Å². The molecule has 98 valence electrons. The number of rotatable bonds is 1. The maximum atomic E-state index is 4.57. The summed E-state index contributed by atoms with van der Waals surface area (Å²) in [4.78, 5) is 4.57. The lowest BCUT2D eigenvalue weighted by Crippen LogP contribution is -1.99. The highest BCUT2D eigenvalue weighted by Crippen LogP contribution is 2.20. The Kier molecular flexibility index (Phi) is 3.95. The molecule has 0 bridgehead atoms. The molecule has 0 amide bonds. The number of hydrogen-bond donors (Lipinski definition) is 0. The van der Waals surface area contributed by atoms with Crippen LogP contribution >= 0.6 is 0 Å². The zero-order valence-electron chi connectivity index (χ0n) is 11.9. The lowest BCUT2D eigenvalue weighted by molar-refractivity contribution is 0.844. The summed E-state index contributed by atoms with van der Waals surface area (Å²) in [5.41, 5.74) is 2.29. The molecule has 0 saturated carbocycles. The van der Waals surface area contributed by atoms with Crippen LogP contribution in [-0.2, 0) is 0 Å². The van der Waals surface area contributed by atoms with Crippen LogP contribution < -0.4 is 0 Å². The summed E-state index contributed by atoms with van der Waals surface area (Å²) in [6.07, 6.45) is 3.67. The molecule has 3 rings (SSSR count). The molecule has 1 aromatic carbocycles. The fraction of sp³-hybridized carbons (Fsp3) is 0.250. The minimum Gasteiger partial charge on any atom is -0.233 e. The molecular weight excluding hydrogens is 234 g/mol. The van der Waals surface area contributed by atoms with E-state index in [0.29, 0.717) is 0 Å². The van der Waals surface area contributed by atoms with Gasteiger partial charge in [0.25, 0.3) is 0 Å². The topological polar surface area (TPSA) is 30.7 Å². The Morgan fingerprint density at radius 3 is 2.53 bits per heavy atom. The second-order valence-electron chi connectivity index (χ2n) is 4.24. The van der Waals surface area contributed by atoms with Gasteiger partial charge in [-0.25, -0.2) is 9.67 Å². The van der Waals surface area contributed by atoms with Crippen molar-refractivity contribution >= 4 is 10.8 Å². The summed E-state index contributed by atoms with van der Waals surface area (Å²) in [6.45, 7) is 8.13. The van der Waals surface area contributed by atoms with Crippen molar-refractivity contribution in [3.63, 3.8) is 0 Å². The zero-order chi connectivity index (χ0) is 13.8. The third kappa shape index (κ3) is 2.65. The Hall–Kier alpha value is -2.16. The molecule has 0 fully saturated rings. The molecule has 2 aromatic heterocycles. The average molecular weight is 253 g/mol. The van der Waals surface area contributed by atoms with Gasteiger partial charge in [-0.05, 0) is 31.4 Å². The van der Waals surface area contributed by atoms with Crippen molar-refractivity contribution in [2.45, 2.75) is 27.7 Å². The fourth-order valence-corrected chi connectivity index (χ4v) is 2.06. The summed E-state index contributed by atoms with van der Waals surface area (Å²) in [7, 11) is 0. The molecule has 3 heteroatoms. The standard InChI is InChI=1S/C14H13N3.C2H6/c1-10-4-5-13-11(2)16-14(9-12(13)8-10)17-7-3-6-15-17;1-2/h3-9H,1-2H3;1-2H3. The summed E-state index contributed by atoms with van der Waals surface area (Å²) < 4.78 is 1.79. The molecule has 3 aromatic rings. The molecule has 0 N–H and O–H groups in total. The van der Waals surface area contributed by atoms with Crippen molar-refractivity contribution < 1.29 is 0 Å². The van der Waals surface area contributed by atoms with Gasteiger partial charge in [-0.1, -0.05) is 37.6 Å². The molecule has 0 spiro atoms. The lowest BCUT2D eigenvalue weighted by atomic mass is 10.1. The van der Waals surface area contributed by atoms with E-state index in [2.05, 4.69) is 41.3 Å². The molecule has 0 aliphatic heterocycles. The van der Waals surface area contributed by atoms with E-state index in [-0.39, 0.29) is 0 Å². The van der Waals surface area contributed by atoms with E-state index >= 15 is 0 Å². The molecule has 0 radical (unpaired) electrons. The third-order valence-electron chi connectivity index (χ3n) is 2.90. The van der Waals surface area contributed by atoms with E-state index in [1.54, 1.807) is 10.9 Å². The maximum absolute atomic E-state index is 4.57. The molecule has 0 atom stereocenters. The number of fused-ring (bicyclic) bond motifs is 1. The normalized spacial score (nSPS) is 10.1. The number of aryl methyl sites for hydroxylation is 2. The number of hydrogen-bond acceptors (Lipinski definition) is 2. The minimum atomic E-state index is 0.866. The molecule has 19 heavy (non-hydrogen) atoms. The summed E-state index contributed by atoms with van der Waals surface area (Å²) >= 11 is 0. The van der Waals surface area contributed by atoms with Crippen LogP contribution in [0.3, 0.4) is 0 Å². The van der Waals surface area contributed by atoms with E-state index in [4.69, 9.17) is 0 Å². The zero-order valence-corrected chi connectivity index (χ0v) is 11.9. The van der Waals surface area contributed by atoms with Gasteiger partial charge in [0.2, 0.25) is 0 Å². The van der Waals surface area contributed by atoms with Crippen LogP contribution in [0.15, 0.2) is 42.7 Å². The summed E-state index contributed by atoms with van der Waals surface area (Å²) in [5, 5.41) is 6.62. The smallest absolute Gasteiger partial charge is 0.154 e. The molecule has 0 saturated heterocycles. The Morgan fingerprint density at radius 1 is 1.05 bits per heavy atom. The monoisotopic (exact) mass is 253 g/mol. The van der Waals surface area contributed by atoms with Crippen molar-refractivity contribution in [3.05, 3.63) is 54.0 Å². The van der Waals surface area contributed by atoms with Crippen LogP contribution in [0.25, 0.3) is 16.6 Å². The first-order valence-electron chi connectivity index (χ1n) is 6.62. The lowest BCUT2D eigenvalue weighted by Gasteiger charge is -2.07. The van der Waals surface area contributed by atoms with Gasteiger partial charge in [-0.15, -0.1) is 0 Å². The van der Waals surface area contributed by atoms with Crippen LogP contribution in [0.5, 0.6) is 0 Å². The number of pyridine rings is 1. The van der Waals surface area contributed by atoms with Crippen molar-refractivity contribution in [2.24, 2.45) is 0 Å². The van der Waals surface area contributed by atoms with Crippen LogP contribution in [0, 0.1) is 13.8 Å². The Morgan fingerprint density at radius 2 is 1.84 bits per heavy atom. The number of benzene rings is 1. The van der Waals surface area contributed by atoms with Crippen LogP contribution in [0.2, 0.25) is 0 Å². The van der Waals surface area contributed by atoms with E-state index in [1.807, 2.05) is 33.0 Å². The summed E-state index contributed by atoms with van der Waals surface area (Å²) in [5.74, 6) is 0.866. The van der Waals surface area contributed by atoms with Gasteiger partial charge >= 0.3 is 0 Å². The van der Waals surface area contributed by atoms with E-state index in [9.17, 15) is 0 Å². The van der Waals surface area contributed by atoms with Gasteiger partial charge in [-0.2, -0.15) is 5.10 Å². The largest absolute Gasteiger partial charge is 0.233 e. The van der Waals surface area contributed by atoms with Crippen molar-refractivity contribution in [3.8, 4) is 5.82 Å². The van der Waals surface area contributed by atoms with Crippen LogP contribution in [-0.4, -0.2) is 14.8 Å². The number of nitrogens with zero attached hydrogens (tertiary/aromatic N) is 3. The fourth-order valence-electron chi connectivity index (χ4n) is 2.06. The highest BCUT2D eigenvalue weighted by atomic mass is 15.3. The molecular formula is C16H19N3. The van der Waals surface area contributed by atoms with E-state index in [1.165, 1.54) is 16.3 Å². The maximum Gasteiger partial charge on any atom is 0.154 e. The first-order valence-corrected chi connectivity index (χ1v) is 6.62. The Labute approximate surface area is 113 Å². The molecule has 0 aliphatic carbocycles. The summed E-state index contributed by atoms with van der Waals surface area (Å²) in [6, 6.07) is 10.4. The van der Waals surface area contributed by atoms with Gasteiger partial charge in [0.1, 0.15) is 0 Å². The number of aromatic nitrogens is 3. The van der Waals surface area contributed by atoms with Crippen molar-refractivity contribution in [1.82, 2.24) is 14.8 Å². The van der Waals surface area contributed by atoms with Gasteiger partial charge in [-0.3, -0.25) is 0 Å². The predicted molar refractivity (Wildman–Crippen MR) is 79.7 cm³/mol. The van der Waals surface area contributed by atoms with Gasteiger partial charge < -0.3 is 0 Å². The molecule has 2 heterocycles. The van der Waals surface area contributed by atoms with Gasteiger partial charge in [0.15, 0.2) is 5.82 Å². The van der Waals surface area contributed by atoms with Crippen molar-refractivity contribution in [2.75, 3.05) is 0 Å².